The van der Waals surface area contributed by atoms with Crippen molar-refractivity contribution in [3.05, 3.63) is 42.7 Å². The minimum absolute atomic E-state index is 0.0624. The maximum absolute atomic E-state index is 13.1. The Balaban J connectivity index is 2.09. The average Bonchev–Trinajstić information content (AvgIpc) is 2.55. The molecule has 0 bridgehead atoms. The second kappa shape index (κ2) is 7.99. The van der Waals surface area contributed by atoms with Gasteiger partial charge < -0.3 is 14.7 Å². The van der Waals surface area contributed by atoms with E-state index in [1.165, 1.54) is 12.1 Å². The first kappa shape index (κ1) is 17.3. The molecule has 2 rings (SSSR count). The van der Waals surface area contributed by atoms with Crippen LogP contribution in [0, 0.1) is 5.82 Å². The van der Waals surface area contributed by atoms with Crippen LogP contribution in [0.3, 0.4) is 0 Å². The molecule has 23 heavy (non-hydrogen) atoms. The van der Waals surface area contributed by atoms with Crippen molar-refractivity contribution in [3.63, 3.8) is 0 Å². The van der Waals surface area contributed by atoms with Crippen molar-refractivity contribution in [2.45, 2.75) is 25.3 Å². The Hall–Kier alpha value is -2.04. The number of carbonyl (C=O) groups excluding carboxylic acids is 1. The number of anilines is 1. The molecule has 0 saturated carbocycles. The zero-order chi connectivity index (χ0) is 16.8. The third-order valence-corrected chi connectivity index (χ3v) is 4.25. The summed E-state index contributed by atoms with van der Waals surface area (Å²) in [5.41, 5.74) is 1.01. The third kappa shape index (κ3) is 4.47. The van der Waals surface area contributed by atoms with E-state index in [0.29, 0.717) is 6.54 Å². The first-order chi connectivity index (χ1) is 11.0. The summed E-state index contributed by atoms with van der Waals surface area (Å²) in [6.45, 7) is 6.00. The molecule has 1 aliphatic heterocycles. The fourth-order valence-electron chi connectivity index (χ4n) is 3.00. The van der Waals surface area contributed by atoms with Crippen LogP contribution in [0.25, 0.3) is 0 Å². The van der Waals surface area contributed by atoms with Crippen LogP contribution in [0.5, 0.6) is 0 Å². The van der Waals surface area contributed by atoms with E-state index in [0.717, 1.165) is 38.0 Å². The lowest BCUT2D eigenvalue weighted by atomic mass is 10.0. The summed E-state index contributed by atoms with van der Waals surface area (Å²) in [7, 11) is 3.57. The standard InChI is InChI=1S/C18H26FN3O/c1-4-5-6-7-17-14-21(16-10-8-15(19)9-11-16)12-13-22(17)18(23)20(2)3/h4,8-11,17H,1,5-7,12-14H2,2-3H3. The number of hydrogen-bond acceptors (Lipinski definition) is 2. The molecule has 0 aromatic heterocycles. The Morgan fingerprint density at radius 3 is 2.65 bits per heavy atom. The van der Waals surface area contributed by atoms with Crippen LogP contribution in [0.1, 0.15) is 19.3 Å². The van der Waals surface area contributed by atoms with E-state index in [-0.39, 0.29) is 17.9 Å². The number of allylic oxidation sites excluding steroid dienone is 1. The highest BCUT2D eigenvalue weighted by Gasteiger charge is 2.30. The van der Waals surface area contributed by atoms with Gasteiger partial charge in [-0.25, -0.2) is 9.18 Å². The molecule has 0 aliphatic carbocycles. The summed E-state index contributed by atoms with van der Waals surface area (Å²) in [6, 6.07) is 6.81. The molecule has 2 amide bonds. The van der Waals surface area contributed by atoms with Crippen LogP contribution in [-0.4, -0.2) is 55.6 Å². The fraction of sp³-hybridized carbons (Fsp3) is 0.500. The van der Waals surface area contributed by atoms with Crippen molar-refractivity contribution in [1.29, 1.82) is 0 Å². The molecule has 1 fully saturated rings. The highest BCUT2D eigenvalue weighted by Crippen LogP contribution is 2.23. The van der Waals surface area contributed by atoms with E-state index < -0.39 is 0 Å². The predicted octanol–water partition coefficient (Wildman–Crippen LogP) is 3.35. The highest BCUT2D eigenvalue weighted by atomic mass is 19.1. The number of halogens is 1. The zero-order valence-electron chi connectivity index (χ0n) is 14.0. The Bertz CT molecular complexity index is 530. The van der Waals surface area contributed by atoms with Gasteiger partial charge in [0.25, 0.3) is 0 Å². The number of urea groups is 1. The summed E-state index contributed by atoms with van der Waals surface area (Å²) in [6.07, 6.45) is 4.83. The number of piperazine rings is 1. The Kier molecular flexibility index (Phi) is 6.02. The number of rotatable bonds is 5. The molecular formula is C18H26FN3O. The van der Waals surface area contributed by atoms with Gasteiger partial charge in [0.05, 0.1) is 6.04 Å². The molecule has 1 heterocycles. The van der Waals surface area contributed by atoms with Crippen molar-refractivity contribution in [2.75, 3.05) is 38.6 Å². The molecule has 1 aromatic carbocycles. The molecule has 1 saturated heterocycles. The molecule has 0 spiro atoms. The molecular weight excluding hydrogens is 293 g/mol. The van der Waals surface area contributed by atoms with Crippen LogP contribution in [0.2, 0.25) is 0 Å². The molecule has 5 heteroatoms. The van der Waals surface area contributed by atoms with E-state index in [1.807, 2.05) is 11.0 Å². The second-order valence-electron chi connectivity index (χ2n) is 6.17. The predicted molar refractivity (Wildman–Crippen MR) is 92.2 cm³/mol. The Morgan fingerprint density at radius 1 is 1.35 bits per heavy atom. The maximum atomic E-state index is 13.1. The number of unbranched alkanes of at least 4 members (excludes halogenated alkanes) is 1. The summed E-state index contributed by atoms with van der Waals surface area (Å²) in [5, 5.41) is 0. The van der Waals surface area contributed by atoms with E-state index in [2.05, 4.69) is 11.5 Å². The van der Waals surface area contributed by atoms with E-state index in [9.17, 15) is 9.18 Å². The van der Waals surface area contributed by atoms with E-state index in [4.69, 9.17) is 0 Å². The van der Waals surface area contributed by atoms with Gasteiger partial charge in [0, 0.05) is 39.4 Å². The molecule has 1 unspecified atom stereocenters. The Labute approximate surface area is 138 Å². The van der Waals surface area contributed by atoms with Gasteiger partial charge in [0.1, 0.15) is 5.82 Å². The van der Waals surface area contributed by atoms with Crippen LogP contribution in [0.15, 0.2) is 36.9 Å². The van der Waals surface area contributed by atoms with Crippen LogP contribution >= 0.6 is 0 Å². The lowest BCUT2D eigenvalue weighted by molar-refractivity contribution is 0.137. The van der Waals surface area contributed by atoms with Crippen LogP contribution < -0.4 is 4.90 Å². The van der Waals surface area contributed by atoms with Crippen molar-refractivity contribution in [1.82, 2.24) is 9.80 Å². The van der Waals surface area contributed by atoms with Crippen molar-refractivity contribution >= 4 is 11.7 Å². The van der Waals surface area contributed by atoms with Gasteiger partial charge in [-0.15, -0.1) is 6.58 Å². The molecule has 0 radical (unpaired) electrons. The summed E-state index contributed by atoms with van der Waals surface area (Å²) in [4.78, 5) is 18.2. The normalized spacial score (nSPS) is 18.0. The van der Waals surface area contributed by atoms with Gasteiger partial charge in [0.15, 0.2) is 0 Å². The highest BCUT2D eigenvalue weighted by molar-refractivity contribution is 5.74. The number of amides is 2. The van der Waals surface area contributed by atoms with Crippen LogP contribution in [0.4, 0.5) is 14.9 Å². The summed E-state index contributed by atoms with van der Waals surface area (Å²) in [5.74, 6) is -0.224. The molecule has 126 valence electrons. The van der Waals surface area contributed by atoms with Crippen molar-refractivity contribution < 1.29 is 9.18 Å². The monoisotopic (exact) mass is 319 g/mol. The quantitative estimate of drug-likeness (QED) is 0.615. The number of hydrogen-bond donors (Lipinski definition) is 0. The number of benzene rings is 1. The number of nitrogens with zero attached hydrogens (tertiary/aromatic N) is 3. The summed E-state index contributed by atoms with van der Waals surface area (Å²) >= 11 is 0. The molecule has 1 atom stereocenters. The topological polar surface area (TPSA) is 26.8 Å². The van der Waals surface area contributed by atoms with Crippen molar-refractivity contribution in [3.8, 4) is 0 Å². The van der Waals surface area contributed by atoms with Gasteiger partial charge in [-0.2, -0.15) is 0 Å². The molecule has 0 N–H and O–H groups in total. The number of carbonyl (C=O) groups is 1. The first-order valence-corrected chi connectivity index (χ1v) is 8.12. The summed E-state index contributed by atoms with van der Waals surface area (Å²) < 4.78 is 13.1. The lowest BCUT2D eigenvalue weighted by Gasteiger charge is -2.43. The molecule has 1 aliphatic rings. The first-order valence-electron chi connectivity index (χ1n) is 8.12. The average molecular weight is 319 g/mol. The third-order valence-electron chi connectivity index (χ3n) is 4.25. The van der Waals surface area contributed by atoms with Crippen LogP contribution in [-0.2, 0) is 0 Å². The molecule has 1 aromatic rings. The maximum Gasteiger partial charge on any atom is 0.319 e. The smallest absolute Gasteiger partial charge is 0.319 e. The SMILES string of the molecule is C=CCCCC1CN(c2ccc(F)cc2)CCN1C(=O)N(C)C. The van der Waals surface area contributed by atoms with Crippen molar-refractivity contribution in [2.24, 2.45) is 0 Å². The zero-order valence-corrected chi connectivity index (χ0v) is 14.0. The van der Waals surface area contributed by atoms with Gasteiger partial charge >= 0.3 is 6.03 Å². The van der Waals surface area contributed by atoms with Gasteiger partial charge in [0.2, 0.25) is 0 Å². The van der Waals surface area contributed by atoms with Gasteiger partial charge in [-0.05, 0) is 43.5 Å². The second-order valence-corrected chi connectivity index (χ2v) is 6.17. The van der Waals surface area contributed by atoms with E-state index in [1.54, 1.807) is 31.1 Å². The minimum atomic E-state index is -0.224. The fourth-order valence-corrected chi connectivity index (χ4v) is 3.00. The van der Waals surface area contributed by atoms with Gasteiger partial charge in [-0.1, -0.05) is 6.08 Å². The van der Waals surface area contributed by atoms with Gasteiger partial charge in [-0.3, -0.25) is 0 Å². The minimum Gasteiger partial charge on any atom is -0.368 e. The lowest BCUT2D eigenvalue weighted by Crippen LogP contribution is -2.57. The molecule has 4 nitrogen and oxygen atoms in total. The Morgan fingerprint density at radius 2 is 2.04 bits per heavy atom. The largest absolute Gasteiger partial charge is 0.368 e. The van der Waals surface area contributed by atoms with E-state index >= 15 is 0 Å².